The lowest BCUT2D eigenvalue weighted by atomic mass is 9.99. The molecule has 0 spiro atoms. The van der Waals surface area contributed by atoms with E-state index >= 15 is 0 Å². The van der Waals surface area contributed by atoms with E-state index in [1.165, 1.54) is 0 Å². The smallest absolute Gasteiger partial charge is 0.167 e. The van der Waals surface area contributed by atoms with Gasteiger partial charge in [0, 0.05) is 16.5 Å². The number of ketones is 1. The minimum atomic E-state index is 0.167. The van der Waals surface area contributed by atoms with Crippen LogP contribution in [0, 0.1) is 13.8 Å². The highest BCUT2D eigenvalue weighted by Crippen LogP contribution is 2.15. The molecule has 0 fully saturated rings. The number of hydrogen-bond acceptors (Lipinski definition) is 1. The second kappa shape index (κ2) is 5.49. The van der Waals surface area contributed by atoms with E-state index in [4.69, 9.17) is 0 Å². The molecule has 92 valence electrons. The van der Waals surface area contributed by atoms with Gasteiger partial charge in [-0.25, -0.2) is 0 Å². The first kappa shape index (κ1) is 13.0. The van der Waals surface area contributed by atoms with E-state index < -0.39 is 0 Å². The minimum absolute atomic E-state index is 0.167. The molecule has 2 aromatic rings. The zero-order valence-corrected chi connectivity index (χ0v) is 12.1. The Balaban J connectivity index is 2.22. The lowest BCUT2D eigenvalue weighted by Crippen LogP contribution is -2.04. The molecule has 0 saturated carbocycles. The van der Waals surface area contributed by atoms with Gasteiger partial charge in [0.25, 0.3) is 0 Å². The molecule has 0 aliphatic rings. The van der Waals surface area contributed by atoms with E-state index in [9.17, 15) is 4.79 Å². The number of halogens is 1. The molecule has 2 rings (SSSR count). The van der Waals surface area contributed by atoms with Gasteiger partial charge in [-0.05, 0) is 43.7 Å². The quantitative estimate of drug-likeness (QED) is 0.763. The number of rotatable bonds is 3. The highest BCUT2D eigenvalue weighted by atomic mass is 79.9. The van der Waals surface area contributed by atoms with Crippen molar-refractivity contribution >= 4 is 21.7 Å². The average molecular weight is 303 g/mol. The minimum Gasteiger partial charge on any atom is -0.294 e. The van der Waals surface area contributed by atoms with Crippen LogP contribution in [-0.4, -0.2) is 5.78 Å². The molecule has 0 bridgehead atoms. The highest BCUT2D eigenvalue weighted by molar-refractivity contribution is 9.10. The van der Waals surface area contributed by atoms with Gasteiger partial charge < -0.3 is 0 Å². The molecule has 0 saturated heterocycles. The monoisotopic (exact) mass is 302 g/mol. The van der Waals surface area contributed by atoms with Gasteiger partial charge in [0.15, 0.2) is 5.78 Å². The Hall–Kier alpha value is -1.41. The molecule has 0 amide bonds. The normalized spacial score (nSPS) is 10.4. The zero-order chi connectivity index (χ0) is 13.1. The van der Waals surface area contributed by atoms with Crippen LogP contribution in [-0.2, 0) is 6.42 Å². The Bertz CT molecular complexity index is 567. The van der Waals surface area contributed by atoms with Crippen molar-refractivity contribution in [3.05, 3.63) is 69.2 Å². The fraction of sp³-hybridized carbons (Fsp3) is 0.188. The van der Waals surface area contributed by atoms with Gasteiger partial charge in [-0.2, -0.15) is 0 Å². The van der Waals surface area contributed by atoms with E-state index in [0.29, 0.717) is 6.42 Å². The van der Waals surface area contributed by atoms with E-state index in [2.05, 4.69) is 22.0 Å². The van der Waals surface area contributed by atoms with E-state index in [-0.39, 0.29) is 5.78 Å². The second-order valence-electron chi connectivity index (χ2n) is 4.61. The Morgan fingerprint density at radius 1 is 1.06 bits per heavy atom. The van der Waals surface area contributed by atoms with Crippen LogP contribution in [0.15, 0.2) is 46.9 Å². The van der Waals surface area contributed by atoms with Crippen LogP contribution in [0.4, 0.5) is 0 Å². The molecule has 0 atom stereocenters. The van der Waals surface area contributed by atoms with Gasteiger partial charge in [0.05, 0.1) is 0 Å². The van der Waals surface area contributed by atoms with Crippen molar-refractivity contribution < 1.29 is 4.79 Å². The maximum absolute atomic E-state index is 12.2. The summed E-state index contributed by atoms with van der Waals surface area (Å²) in [4.78, 5) is 12.2. The topological polar surface area (TPSA) is 17.1 Å². The summed E-state index contributed by atoms with van der Waals surface area (Å²) in [5, 5.41) is 0. The number of hydrogen-bond donors (Lipinski definition) is 0. The molecular weight excluding hydrogens is 288 g/mol. The van der Waals surface area contributed by atoms with Crippen molar-refractivity contribution in [2.75, 3.05) is 0 Å². The fourth-order valence-corrected chi connectivity index (χ4v) is 2.52. The van der Waals surface area contributed by atoms with Crippen molar-refractivity contribution in [1.29, 1.82) is 0 Å². The maximum Gasteiger partial charge on any atom is 0.167 e. The first-order valence-electron chi connectivity index (χ1n) is 5.90. The van der Waals surface area contributed by atoms with Gasteiger partial charge in [-0.1, -0.05) is 45.3 Å². The second-order valence-corrected chi connectivity index (χ2v) is 5.52. The van der Waals surface area contributed by atoms with E-state index in [1.807, 2.05) is 50.2 Å². The molecule has 0 aliphatic heterocycles. The SMILES string of the molecule is Cc1cc(C)cc(C(=O)Cc2cccc(Br)c2)c1. The summed E-state index contributed by atoms with van der Waals surface area (Å²) in [7, 11) is 0. The van der Waals surface area contributed by atoms with Crippen molar-refractivity contribution in [2.24, 2.45) is 0 Å². The van der Waals surface area contributed by atoms with E-state index in [0.717, 1.165) is 26.7 Å². The first-order valence-corrected chi connectivity index (χ1v) is 6.70. The predicted octanol–water partition coefficient (Wildman–Crippen LogP) is 4.49. The zero-order valence-electron chi connectivity index (χ0n) is 10.5. The van der Waals surface area contributed by atoms with Crippen LogP contribution < -0.4 is 0 Å². The molecule has 0 radical (unpaired) electrons. The number of carbonyl (C=O) groups excluding carboxylic acids is 1. The molecule has 1 nitrogen and oxygen atoms in total. The van der Waals surface area contributed by atoms with Crippen LogP contribution in [0.25, 0.3) is 0 Å². The summed E-state index contributed by atoms with van der Waals surface area (Å²) in [6.07, 6.45) is 0.447. The largest absolute Gasteiger partial charge is 0.294 e. The first-order chi connectivity index (χ1) is 8.54. The Morgan fingerprint density at radius 2 is 1.72 bits per heavy atom. The van der Waals surface area contributed by atoms with E-state index in [1.54, 1.807) is 0 Å². The van der Waals surface area contributed by atoms with Crippen LogP contribution >= 0.6 is 15.9 Å². The summed E-state index contributed by atoms with van der Waals surface area (Å²) < 4.78 is 1.01. The lowest BCUT2D eigenvalue weighted by molar-refractivity contribution is 0.0993. The molecule has 18 heavy (non-hydrogen) atoms. The summed E-state index contributed by atoms with van der Waals surface area (Å²) in [6, 6.07) is 13.9. The molecule has 0 aliphatic carbocycles. The number of benzene rings is 2. The molecule has 0 unspecified atom stereocenters. The lowest BCUT2D eigenvalue weighted by Gasteiger charge is -2.05. The van der Waals surface area contributed by atoms with Crippen molar-refractivity contribution in [2.45, 2.75) is 20.3 Å². The van der Waals surface area contributed by atoms with Crippen LogP contribution in [0.3, 0.4) is 0 Å². The third-order valence-electron chi connectivity index (χ3n) is 2.80. The standard InChI is InChI=1S/C16H15BrO/c1-11-6-12(2)8-14(7-11)16(18)10-13-4-3-5-15(17)9-13/h3-9H,10H2,1-2H3. The average Bonchev–Trinajstić information content (AvgIpc) is 2.27. The van der Waals surface area contributed by atoms with Crippen molar-refractivity contribution in [3.63, 3.8) is 0 Å². The van der Waals surface area contributed by atoms with Crippen LogP contribution in [0.1, 0.15) is 27.0 Å². The van der Waals surface area contributed by atoms with Gasteiger partial charge in [-0.3, -0.25) is 4.79 Å². The Morgan fingerprint density at radius 3 is 2.33 bits per heavy atom. The fourth-order valence-electron chi connectivity index (χ4n) is 2.07. The van der Waals surface area contributed by atoms with Gasteiger partial charge in [0.1, 0.15) is 0 Å². The summed E-state index contributed by atoms with van der Waals surface area (Å²) in [5.74, 6) is 0.167. The van der Waals surface area contributed by atoms with Gasteiger partial charge in [-0.15, -0.1) is 0 Å². The molecule has 0 heterocycles. The molecule has 0 aromatic heterocycles. The summed E-state index contributed by atoms with van der Waals surface area (Å²) in [6.45, 7) is 4.03. The third kappa shape index (κ3) is 3.30. The molecule has 0 N–H and O–H groups in total. The highest BCUT2D eigenvalue weighted by Gasteiger charge is 2.08. The maximum atomic E-state index is 12.2. The molecular formula is C16H15BrO. The van der Waals surface area contributed by atoms with Gasteiger partial charge in [0.2, 0.25) is 0 Å². The summed E-state index contributed by atoms with van der Waals surface area (Å²) in [5.41, 5.74) is 4.10. The Labute approximate surface area is 116 Å². The predicted molar refractivity (Wildman–Crippen MR) is 78.1 cm³/mol. The molecule has 2 aromatic carbocycles. The van der Waals surface area contributed by atoms with Crippen molar-refractivity contribution in [3.8, 4) is 0 Å². The number of aryl methyl sites for hydroxylation is 2. The molecule has 2 heteroatoms. The van der Waals surface area contributed by atoms with Crippen LogP contribution in [0.2, 0.25) is 0 Å². The van der Waals surface area contributed by atoms with Crippen molar-refractivity contribution in [1.82, 2.24) is 0 Å². The Kier molecular flexibility index (Phi) is 3.97. The number of carbonyl (C=O) groups is 1. The van der Waals surface area contributed by atoms with Gasteiger partial charge >= 0.3 is 0 Å². The third-order valence-corrected chi connectivity index (χ3v) is 3.29. The van der Waals surface area contributed by atoms with Crippen LogP contribution in [0.5, 0.6) is 0 Å². The number of Topliss-reactive ketones (excluding diaryl/α,β-unsaturated/α-hetero) is 1. The summed E-state index contributed by atoms with van der Waals surface area (Å²) >= 11 is 3.42.